The van der Waals surface area contributed by atoms with Crippen molar-refractivity contribution in [3.63, 3.8) is 0 Å². The molecule has 3 atom stereocenters. The molecule has 0 saturated carbocycles. The second-order valence-electron chi connectivity index (χ2n) is 10.3. The minimum Gasteiger partial charge on any atom is -0.361 e. The van der Waals surface area contributed by atoms with Crippen LogP contribution in [0, 0.1) is 0 Å². The number of H-pyrrole nitrogens is 1. The van der Waals surface area contributed by atoms with Crippen molar-refractivity contribution in [2.45, 2.75) is 49.5 Å². The zero-order chi connectivity index (χ0) is 24.0. The first-order valence-corrected chi connectivity index (χ1v) is 12.2. The molecule has 6 nitrogen and oxygen atoms in total. The fraction of sp³-hybridized carbons (Fsp3) is 0.429. The van der Waals surface area contributed by atoms with E-state index in [0.29, 0.717) is 13.1 Å². The highest BCUT2D eigenvalue weighted by molar-refractivity contribution is 5.88. The molecule has 2 heterocycles. The highest BCUT2D eigenvalue weighted by atomic mass is 16.2. The van der Waals surface area contributed by atoms with Crippen molar-refractivity contribution < 1.29 is 9.59 Å². The number of piperidine rings is 1. The Kier molecular flexibility index (Phi) is 5.72. The first-order valence-electron chi connectivity index (χ1n) is 12.2. The number of likely N-dealkylation sites (N-methyl/N-ethyl adjacent to an activating group) is 1. The summed E-state index contributed by atoms with van der Waals surface area (Å²) in [7, 11) is 3.65. The molecule has 3 N–H and O–H groups in total. The van der Waals surface area contributed by atoms with Gasteiger partial charge in [-0.3, -0.25) is 9.59 Å². The van der Waals surface area contributed by atoms with Crippen LogP contribution in [0.25, 0.3) is 10.9 Å². The molecule has 1 aliphatic carbocycles. The van der Waals surface area contributed by atoms with Gasteiger partial charge in [-0.25, -0.2) is 0 Å². The number of nitrogens with two attached hydrogens (primary N) is 1. The number of rotatable bonds is 4. The Morgan fingerprint density at radius 3 is 2.50 bits per heavy atom. The van der Waals surface area contributed by atoms with Crippen LogP contribution in [0.4, 0.5) is 0 Å². The van der Waals surface area contributed by atoms with Crippen LogP contribution in [0.3, 0.4) is 0 Å². The number of hydrogen-bond acceptors (Lipinski definition) is 3. The van der Waals surface area contributed by atoms with Crippen LogP contribution in [-0.4, -0.2) is 59.8 Å². The number of benzene rings is 2. The van der Waals surface area contributed by atoms with Crippen LogP contribution in [0.5, 0.6) is 0 Å². The topological polar surface area (TPSA) is 82.4 Å². The predicted octanol–water partition coefficient (Wildman–Crippen LogP) is 3.73. The van der Waals surface area contributed by atoms with Crippen LogP contribution in [0.1, 0.15) is 54.7 Å². The van der Waals surface area contributed by atoms with Crippen molar-refractivity contribution in [3.8, 4) is 0 Å². The normalized spacial score (nSPS) is 20.8. The number of aromatic nitrogens is 1. The zero-order valence-corrected chi connectivity index (χ0v) is 20.3. The molecule has 1 saturated heterocycles. The highest BCUT2D eigenvalue weighted by Crippen LogP contribution is 2.52. The third-order valence-corrected chi connectivity index (χ3v) is 8.21. The average Bonchev–Trinajstić information content (AvgIpc) is 3.43. The van der Waals surface area contributed by atoms with Gasteiger partial charge in [0.15, 0.2) is 0 Å². The van der Waals surface area contributed by atoms with Crippen molar-refractivity contribution in [2.24, 2.45) is 5.73 Å². The number of carbonyl (C=O) groups excluding carboxylic acids is 2. The number of amides is 2. The van der Waals surface area contributed by atoms with Crippen molar-refractivity contribution in [2.75, 3.05) is 27.2 Å². The molecule has 1 aromatic heterocycles. The van der Waals surface area contributed by atoms with Crippen molar-refractivity contribution in [1.82, 2.24) is 14.8 Å². The molecular weight excluding hydrogens is 424 g/mol. The van der Waals surface area contributed by atoms with Crippen LogP contribution in [0.2, 0.25) is 0 Å². The third-order valence-electron chi connectivity index (χ3n) is 8.21. The maximum atomic E-state index is 13.4. The molecule has 0 bridgehead atoms. The van der Waals surface area contributed by atoms with E-state index in [1.165, 1.54) is 5.56 Å². The fourth-order valence-corrected chi connectivity index (χ4v) is 6.14. The smallest absolute Gasteiger partial charge is 0.240 e. The zero-order valence-electron chi connectivity index (χ0n) is 20.3. The van der Waals surface area contributed by atoms with Gasteiger partial charge in [0, 0.05) is 55.6 Å². The SMILES string of the molecule is CC(c1c[nH]c2ccccc12)C(N)C(=O)N1CCC2(CC1)CC(C(=O)N(C)C)c1ccccc12. The van der Waals surface area contributed by atoms with Gasteiger partial charge < -0.3 is 20.5 Å². The third kappa shape index (κ3) is 3.61. The number of likely N-dealkylation sites (tertiary alicyclic amines) is 1. The number of para-hydroxylation sites is 1. The lowest BCUT2D eigenvalue weighted by atomic mass is 9.73. The Labute approximate surface area is 201 Å². The molecule has 1 spiro atoms. The van der Waals surface area contributed by atoms with E-state index in [0.717, 1.165) is 41.3 Å². The standard InChI is InChI=1S/C28H34N4O2/c1-18(22-17-30-24-11-7-5-9-20(22)24)25(29)27(34)32-14-12-28(13-15-32)16-21(26(33)31(2)3)19-8-4-6-10-23(19)28/h4-11,17-18,21,25,30H,12-16,29H2,1-3H3. The van der Waals surface area contributed by atoms with Gasteiger partial charge in [-0.15, -0.1) is 0 Å². The second-order valence-corrected chi connectivity index (χ2v) is 10.3. The Hall–Kier alpha value is -3.12. The molecule has 2 amide bonds. The van der Waals surface area contributed by atoms with Gasteiger partial charge in [0.25, 0.3) is 0 Å². The van der Waals surface area contributed by atoms with Crippen LogP contribution < -0.4 is 5.73 Å². The predicted molar refractivity (Wildman–Crippen MR) is 135 cm³/mol. The van der Waals surface area contributed by atoms with E-state index in [9.17, 15) is 9.59 Å². The summed E-state index contributed by atoms with van der Waals surface area (Å²) < 4.78 is 0. The van der Waals surface area contributed by atoms with Gasteiger partial charge >= 0.3 is 0 Å². The Balaban J connectivity index is 1.31. The van der Waals surface area contributed by atoms with E-state index < -0.39 is 6.04 Å². The molecule has 3 aromatic rings. The van der Waals surface area contributed by atoms with E-state index in [1.54, 1.807) is 4.90 Å². The maximum Gasteiger partial charge on any atom is 0.240 e. The molecule has 3 unspecified atom stereocenters. The van der Waals surface area contributed by atoms with Gasteiger partial charge in [0.2, 0.25) is 11.8 Å². The first kappa shape index (κ1) is 22.7. The first-order chi connectivity index (χ1) is 16.3. The summed E-state index contributed by atoms with van der Waals surface area (Å²) in [6, 6.07) is 15.9. The van der Waals surface area contributed by atoms with E-state index in [4.69, 9.17) is 5.73 Å². The number of aromatic amines is 1. The number of nitrogens with one attached hydrogen (secondary N) is 1. The van der Waals surface area contributed by atoms with Crippen LogP contribution >= 0.6 is 0 Å². The summed E-state index contributed by atoms with van der Waals surface area (Å²) in [6.45, 7) is 3.38. The molecule has 2 aromatic carbocycles. The molecule has 2 aliphatic rings. The lowest BCUT2D eigenvalue weighted by Gasteiger charge is -2.41. The Bertz CT molecular complexity index is 1220. The summed E-state index contributed by atoms with van der Waals surface area (Å²) in [4.78, 5) is 33.3. The van der Waals surface area contributed by atoms with E-state index >= 15 is 0 Å². The Morgan fingerprint density at radius 1 is 1.09 bits per heavy atom. The quantitative estimate of drug-likeness (QED) is 0.625. The highest BCUT2D eigenvalue weighted by Gasteiger charge is 2.48. The number of nitrogens with zero attached hydrogens (tertiary/aromatic N) is 2. The number of carbonyl (C=O) groups is 2. The number of fused-ring (bicyclic) bond motifs is 3. The van der Waals surface area contributed by atoms with E-state index in [-0.39, 0.29) is 29.1 Å². The van der Waals surface area contributed by atoms with Crippen LogP contribution in [-0.2, 0) is 15.0 Å². The maximum absolute atomic E-state index is 13.4. The van der Waals surface area contributed by atoms with Gasteiger partial charge in [-0.2, -0.15) is 0 Å². The molecule has 178 valence electrons. The monoisotopic (exact) mass is 458 g/mol. The summed E-state index contributed by atoms with van der Waals surface area (Å²) in [5.41, 5.74) is 11.1. The summed E-state index contributed by atoms with van der Waals surface area (Å²) in [5, 5.41) is 1.12. The van der Waals surface area contributed by atoms with Crippen LogP contribution in [0.15, 0.2) is 54.7 Å². The van der Waals surface area contributed by atoms with Gasteiger partial charge in [0.1, 0.15) is 0 Å². The van der Waals surface area contributed by atoms with E-state index in [1.807, 2.05) is 56.4 Å². The lowest BCUT2D eigenvalue weighted by molar-refractivity contribution is -0.135. The average molecular weight is 459 g/mol. The van der Waals surface area contributed by atoms with Crippen molar-refractivity contribution >= 4 is 22.7 Å². The van der Waals surface area contributed by atoms with Crippen molar-refractivity contribution in [1.29, 1.82) is 0 Å². The van der Waals surface area contributed by atoms with Gasteiger partial charge in [0.05, 0.1) is 12.0 Å². The van der Waals surface area contributed by atoms with Crippen molar-refractivity contribution in [3.05, 3.63) is 71.4 Å². The van der Waals surface area contributed by atoms with Gasteiger partial charge in [-0.1, -0.05) is 49.4 Å². The molecule has 1 fully saturated rings. The minimum atomic E-state index is -0.591. The molecule has 6 heteroatoms. The number of hydrogen-bond donors (Lipinski definition) is 2. The summed E-state index contributed by atoms with van der Waals surface area (Å²) >= 11 is 0. The summed E-state index contributed by atoms with van der Waals surface area (Å²) in [5.74, 6) is -0.0105. The second kappa shape index (κ2) is 8.58. The molecular formula is C28H34N4O2. The van der Waals surface area contributed by atoms with Gasteiger partial charge in [-0.05, 0) is 42.0 Å². The fourth-order valence-electron chi connectivity index (χ4n) is 6.14. The van der Waals surface area contributed by atoms with E-state index in [2.05, 4.69) is 29.2 Å². The molecule has 1 aliphatic heterocycles. The lowest BCUT2D eigenvalue weighted by Crippen LogP contribution is -2.51. The minimum absolute atomic E-state index is 0.0137. The molecule has 5 rings (SSSR count). The largest absolute Gasteiger partial charge is 0.361 e. The summed E-state index contributed by atoms with van der Waals surface area (Å²) in [6.07, 6.45) is 4.52. The molecule has 0 radical (unpaired) electrons. The Morgan fingerprint density at radius 2 is 1.76 bits per heavy atom. The molecule has 34 heavy (non-hydrogen) atoms.